The number of nitriles is 1. The van der Waals surface area contributed by atoms with Gasteiger partial charge in [-0.15, -0.1) is 0 Å². The summed E-state index contributed by atoms with van der Waals surface area (Å²) in [5, 5.41) is 8.84. The summed E-state index contributed by atoms with van der Waals surface area (Å²) in [7, 11) is -4.67. The van der Waals surface area contributed by atoms with Crippen molar-refractivity contribution in [3.05, 3.63) is 101 Å². The Hall–Kier alpha value is -4.63. The van der Waals surface area contributed by atoms with Gasteiger partial charge in [-0.25, -0.2) is 21.6 Å². The summed E-state index contributed by atoms with van der Waals surface area (Å²) in [6.45, 7) is -2.54. The number of sulfone groups is 1. The molecule has 8 nitrogen and oxygen atoms in total. The fourth-order valence-corrected chi connectivity index (χ4v) is 8.72. The van der Waals surface area contributed by atoms with Crippen molar-refractivity contribution in [2.24, 2.45) is 5.92 Å². The summed E-state index contributed by atoms with van der Waals surface area (Å²) in [6.07, 6.45) is -13.1. The maximum Gasteiger partial charge on any atom is 0.430 e. The maximum absolute atomic E-state index is 14.5. The van der Waals surface area contributed by atoms with Gasteiger partial charge in [0.2, 0.25) is 11.8 Å². The summed E-state index contributed by atoms with van der Waals surface area (Å²) in [5.74, 6) is -5.58. The molecule has 2 saturated heterocycles. The zero-order chi connectivity index (χ0) is 38.3. The molecule has 0 unspecified atom stereocenters. The Morgan fingerprint density at radius 1 is 0.865 bits per heavy atom. The number of benzene rings is 3. The number of ether oxygens (including phenoxy) is 1. The van der Waals surface area contributed by atoms with Gasteiger partial charge >= 0.3 is 12.4 Å². The van der Waals surface area contributed by atoms with Crippen LogP contribution in [0.15, 0.2) is 71.6 Å². The zero-order valence-electron chi connectivity index (χ0n) is 26.8. The summed E-state index contributed by atoms with van der Waals surface area (Å²) >= 11 is 0. The predicted octanol–water partition coefficient (Wildman–Crippen LogP) is 6.30. The average Bonchev–Trinajstić information content (AvgIpc) is 3.75. The molecule has 2 aliphatic heterocycles. The van der Waals surface area contributed by atoms with E-state index in [2.05, 4.69) is 4.74 Å². The van der Waals surface area contributed by atoms with Crippen LogP contribution in [-0.4, -0.2) is 68.6 Å². The number of carbonyl (C=O) groups is 2. The molecule has 2 aliphatic rings. The minimum Gasteiger partial charge on any atom is -0.349 e. The van der Waals surface area contributed by atoms with Crippen LogP contribution in [-0.2, 0) is 41.1 Å². The van der Waals surface area contributed by atoms with Gasteiger partial charge < -0.3 is 14.5 Å². The van der Waals surface area contributed by atoms with E-state index in [1.165, 1.54) is 9.80 Å². The van der Waals surface area contributed by atoms with Crippen molar-refractivity contribution < 1.29 is 62.3 Å². The Morgan fingerprint density at radius 2 is 1.46 bits per heavy atom. The molecule has 2 heterocycles. The first kappa shape index (κ1) is 38.6. The third-order valence-electron chi connectivity index (χ3n) is 9.41. The number of rotatable bonds is 9. The standard InChI is InChI=1S/C34H28F9N3O5S/c35-24-8-10-25(11-9-24)52(49,50)31(14-17-46(20-31)30(48)21-13-16-45(18-21)29(47)12-15-44)22-4-6-23(7-5-22)32(33(38,39)40,34(41,42)43)51-19-26-27(36)2-1-3-28(26)37/h1-11,21H,12-14,16-20H2/t21-,31+/m1/s1. The van der Waals surface area contributed by atoms with Crippen LogP contribution in [0.25, 0.3) is 0 Å². The second-order valence-corrected chi connectivity index (χ2v) is 14.6. The number of carbonyl (C=O) groups excluding carboxylic acids is 2. The van der Waals surface area contributed by atoms with E-state index in [1.807, 2.05) is 0 Å². The molecule has 0 aliphatic carbocycles. The number of alkyl halides is 6. The third-order valence-corrected chi connectivity index (χ3v) is 11.9. The minimum absolute atomic E-state index is 0.0595. The van der Waals surface area contributed by atoms with Gasteiger partial charge in [0.25, 0.3) is 5.60 Å². The molecule has 0 N–H and O–H groups in total. The van der Waals surface area contributed by atoms with Crippen LogP contribution in [0.5, 0.6) is 0 Å². The lowest BCUT2D eigenvalue weighted by molar-refractivity contribution is -0.392. The van der Waals surface area contributed by atoms with Crippen molar-refractivity contribution >= 4 is 21.7 Å². The van der Waals surface area contributed by atoms with Crippen LogP contribution in [0.1, 0.15) is 36.0 Å². The van der Waals surface area contributed by atoms with E-state index in [0.717, 1.165) is 30.3 Å². The Balaban J connectivity index is 1.56. The highest BCUT2D eigenvalue weighted by Gasteiger charge is 2.73. The van der Waals surface area contributed by atoms with Gasteiger partial charge in [-0.1, -0.05) is 30.3 Å². The second-order valence-electron chi connectivity index (χ2n) is 12.4. The molecule has 0 radical (unpaired) electrons. The van der Waals surface area contributed by atoms with E-state index in [1.54, 1.807) is 6.07 Å². The summed E-state index contributed by atoms with van der Waals surface area (Å²) < 4.78 is 160. The van der Waals surface area contributed by atoms with Gasteiger partial charge in [-0.2, -0.15) is 31.6 Å². The largest absolute Gasteiger partial charge is 0.430 e. The van der Waals surface area contributed by atoms with Crippen LogP contribution in [0.3, 0.4) is 0 Å². The van der Waals surface area contributed by atoms with Crippen LogP contribution in [0.2, 0.25) is 0 Å². The number of hydrogen-bond acceptors (Lipinski definition) is 6. The van der Waals surface area contributed by atoms with Crippen molar-refractivity contribution in [1.29, 1.82) is 5.26 Å². The number of likely N-dealkylation sites (tertiary alicyclic amines) is 2. The molecule has 2 amide bonds. The summed E-state index contributed by atoms with van der Waals surface area (Å²) in [6, 6.07) is 9.43. The van der Waals surface area contributed by atoms with Crippen molar-refractivity contribution in [3.63, 3.8) is 0 Å². The summed E-state index contributed by atoms with van der Waals surface area (Å²) in [5.41, 5.74) is -8.23. The van der Waals surface area contributed by atoms with Gasteiger partial charge in [0.05, 0.1) is 23.5 Å². The first-order chi connectivity index (χ1) is 24.3. The van der Waals surface area contributed by atoms with Crippen molar-refractivity contribution in [2.45, 2.75) is 53.5 Å². The van der Waals surface area contributed by atoms with Crippen LogP contribution in [0, 0.1) is 34.7 Å². The normalized spacial score (nSPS) is 19.9. The predicted molar refractivity (Wildman–Crippen MR) is 163 cm³/mol. The van der Waals surface area contributed by atoms with Gasteiger partial charge in [0, 0.05) is 37.3 Å². The van der Waals surface area contributed by atoms with E-state index in [9.17, 15) is 57.5 Å². The van der Waals surface area contributed by atoms with Gasteiger partial charge in [-0.3, -0.25) is 9.59 Å². The van der Waals surface area contributed by atoms with Crippen LogP contribution in [0.4, 0.5) is 39.5 Å². The molecule has 0 spiro atoms. The Labute approximate surface area is 291 Å². The quantitative estimate of drug-likeness (QED) is 0.187. The Kier molecular flexibility index (Phi) is 10.4. The van der Waals surface area contributed by atoms with Crippen LogP contribution >= 0.6 is 0 Å². The molecule has 0 saturated carbocycles. The van der Waals surface area contributed by atoms with Gasteiger partial charge in [0.15, 0.2) is 9.84 Å². The van der Waals surface area contributed by atoms with Gasteiger partial charge in [-0.05, 0) is 54.8 Å². The smallest absolute Gasteiger partial charge is 0.349 e. The van der Waals surface area contributed by atoms with E-state index >= 15 is 0 Å². The highest BCUT2D eigenvalue weighted by atomic mass is 32.2. The molecule has 2 fully saturated rings. The number of nitrogens with zero attached hydrogens (tertiary/aromatic N) is 3. The molecule has 52 heavy (non-hydrogen) atoms. The first-order valence-electron chi connectivity index (χ1n) is 15.5. The van der Waals surface area contributed by atoms with E-state index in [0.29, 0.717) is 36.4 Å². The minimum atomic E-state index is -6.26. The Bertz CT molecular complexity index is 1950. The number of amides is 2. The lowest BCUT2D eigenvalue weighted by Crippen LogP contribution is -2.56. The molecular weight excluding hydrogens is 733 g/mol. The highest BCUT2D eigenvalue weighted by Crippen LogP contribution is 2.54. The molecule has 0 aromatic heterocycles. The molecular formula is C34H28F9N3O5S. The van der Waals surface area contributed by atoms with Crippen molar-refractivity contribution in [2.75, 3.05) is 26.2 Å². The molecule has 0 bridgehead atoms. The van der Waals surface area contributed by atoms with E-state index in [4.69, 9.17) is 5.26 Å². The van der Waals surface area contributed by atoms with E-state index in [-0.39, 0.29) is 38.0 Å². The van der Waals surface area contributed by atoms with Crippen molar-refractivity contribution in [1.82, 2.24) is 9.80 Å². The first-order valence-corrected chi connectivity index (χ1v) is 17.0. The van der Waals surface area contributed by atoms with E-state index < -0.39 is 103 Å². The topological polar surface area (TPSA) is 108 Å². The molecule has 3 aromatic rings. The lowest BCUT2D eigenvalue weighted by atomic mass is 9.88. The molecule has 278 valence electrons. The van der Waals surface area contributed by atoms with Crippen molar-refractivity contribution in [3.8, 4) is 6.07 Å². The number of halogens is 9. The fraction of sp³-hybridized carbons (Fsp3) is 0.382. The molecule has 5 rings (SSSR count). The number of hydrogen-bond donors (Lipinski definition) is 0. The summed E-state index contributed by atoms with van der Waals surface area (Å²) in [4.78, 5) is 27.8. The molecule has 18 heteroatoms. The Morgan fingerprint density at radius 3 is 2.02 bits per heavy atom. The monoisotopic (exact) mass is 761 g/mol. The maximum atomic E-state index is 14.5. The molecule has 3 aromatic carbocycles. The van der Waals surface area contributed by atoms with Gasteiger partial charge in [0.1, 0.15) is 28.6 Å². The average molecular weight is 762 g/mol. The molecule has 2 atom stereocenters. The zero-order valence-corrected chi connectivity index (χ0v) is 27.6. The SMILES string of the molecule is N#CCC(=O)N1CC[C@@H](C(=O)N2CC[C@](c3ccc(C(OCc4c(F)cccc4F)(C(F)(F)F)C(F)(F)F)cc3)(S(=O)(=O)c3ccc(F)cc3)C2)C1. The highest BCUT2D eigenvalue weighted by molar-refractivity contribution is 7.92. The second kappa shape index (κ2) is 14.1. The lowest BCUT2D eigenvalue weighted by Gasteiger charge is -2.38. The third kappa shape index (κ3) is 6.71. The fourth-order valence-electron chi connectivity index (χ4n) is 6.64. The van der Waals surface area contributed by atoms with Crippen LogP contribution < -0.4 is 0 Å².